The summed E-state index contributed by atoms with van der Waals surface area (Å²) in [6, 6.07) is 10.7. The average molecular weight is 396 g/mol. The summed E-state index contributed by atoms with van der Waals surface area (Å²) in [5.41, 5.74) is 0. The molecule has 6 heteroatoms. The number of ether oxygens (including phenoxy) is 3. The average Bonchev–Trinajstić information content (AvgIpc) is 3.06. The van der Waals surface area contributed by atoms with Crippen LogP contribution >= 0.6 is 27.3 Å². The van der Waals surface area contributed by atoms with E-state index in [9.17, 15) is 0 Å². The highest BCUT2D eigenvalue weighted by molar-refractivity contribution is 9.11. The molecule has 1 aliphatic carbocycles. The number of hydrogen-bond donors (Lipinski definition) is 1. The van der Waals surface area contributed by atoms with Crippen LogP contribution in [-0.2, 0) is 0 Å². The van der Waals surface area contributed by atoms with Crippen molar-refractivity contribution in [2.45, 2.75) is 31.4 Å². The van der Waals surface area contributed by atoms with Crippen LogP contribution in [0.2, 0.25) is 0 Å². The van der Waals surface area contributed by atoms with Gasteiger partial charge in [-0.05, 0) is 59.6 Å². The summed E-state index contributed by atoms with van der Waals surface area (Å²) in [6.45, 7) is 1.21. The maximum absolute atomic E-state index is 6.30. The van der Waals surface area contributed by atoms with Crippen LogP contribution in [0.15, 0.2) is 34.1 Å². The number of thiophene rings is 1. The fraction of sp³-hybridized carbons (Fsp3) is 0.412. The van der Waals surface area contributed by atoms with E-state index in [4.69, 9.17) is 14.2 Å². The Balaban J connectivity index is 1.51. The Morgan fingerprint density at radius 1 is 1.26 bits per heavy atom. The first-order valence-corrected chi connectivity index (χ1v) is 9.44. The first-order valence-electron chi connectivity index (χ1n) is 7.83. The molecule has 2 heterocycles. The SMILES string of the molecule is Brc1ccc(C(CCNC2CC2)Oc2cccc3c2OCO3)s1. The zero-order valence-corrected chi connectivity index (χ0v) is 15.0. The maximum atomic E-state index is 6.30. The molecule has 0 amide bonds. The zero-order valence-electron chi connectivity index (χ0n) is 12.6. The molecule has 1 aromatic heterocycles. The Bertz CT molecular complexity index is 686. The summed E-state index contributed by atoms with van der Waals surface area (Å²) in [4.78, 5) is 1.21. The van der Waals surface area contributed by atoms with Gasteiger partial charge in [0.1, 0.15) is 6.10 Å². The normalized spacial score (nSPS) is 17.3. The van der Waals surface area contributed by atoms with E-state index in [1.807, 2.05) is 18.2 Å². The third-order valence-electron chi connectivity index (χ3n) is 3.96. The van der Waals surface area contributed by atoms with E-state index in [-0.39, 0.29) is 12.9 Å². The third-order valence-corrected chi connectivity index (χ3v) is 5.67. The number of fused-ring (bicyclic) bond motifs is 1. The molecular formula is C17H18BrNO3S. The van der Waals surface area contributed by atoms with Gasteiger partial charge in [-0.25, -0.2) is 0 Å². The van der Waals surface area contributed by atoms with Crippen molar-refractivity contribution >= 4 is 27.3 Å². The fourth-order valence-electron chi connectivity index (χ4n) is 2.62. The molecule has 0 bridgehead atoms. The number of benzene rings is 1. The molecule has 2 aliphatic rings. The number of para-hydroxylation sites is 1. The number of hydrogen-bond acceptors (Lipinski definition) is 5. The van der Waals surface area contributed by atoms with E-state index < -0.39 is 0 Å². The Morgan fingerprint density at radius 3 is 2.96 bits per heavy atom. The largest absolute Gasteiger partial charge is 0.481 e. The zero-order chi connectivity index (χ0) is 15.6. The number of nitrogens with one attached hydrogen (secondary N) is 1. The van der Waals surface area contributed by atoms with E-state index in [0.717, 1.165) is 28.3 Å². The molecule has 4 nitrogen and oxygen atoms in total. The second kappa shape index (κ2) is 6.71. The minimum absolute atomic E-state index is 0.00764. The first kappa shape index (κ1) is 15.3. The Hall–Kier alpha value is -1.24. The van der Waals surface area contributed by atoms with Crippen LogP contribution in [0.25, 0.3) is 0 Å². The van der Waals surface area contributed by atoms with E-state index in [2.05, 4.69) is 33.4 Å². The molecule has 0 spiro atoms. The van der Waals surface area contributed by atoms with E-state index in [0.29, 0.717) is 11.8 Å². The summed E-state index contributed by atoms with van der Waals surface area (Å²) >= 11 is 5.25. The van der Waals surface area contributed by atoms with E-state index >= 15 is 0 Å². The smallest absolute Gasteiger partial charge is 0.231 e. The lowest BCUT2D eigenvalue weighted by Crippen LogP contribution is -2.21. The van der Waals surface area contributed by atoms with Crippen molar-refractivity contribution in [3.63, 3.8) is 0 Å². The maximum Gasteiger partial charge on any atom is 0.231 e. The van der Waals surface area contributed by atoms with E-state index in [1.165, 1.54) is 17.7 Å². The summed E-state index contributed by atoms with van der Waals surface area (Å²) in [5, 5.41) is 3.56. The Morgan fingerprint density at radius 2 is 2.17 bits per heavy atom. The third kappa shape index (κ3) is 3.65. The van der Waals surface area contributed by atoms with Crippen molar-refractivity contribution in [1.29, 1.82) is 0 Å². The van der Waals surface area contributed by atoms with Crippen molar-refractivity contribution in [3.8, 4) is 17.2 Å². The molecule has 1 fully saturated rings. The Kier molecular flexibility index (Phi) is 4.46. The molecule has 1 N–H and O–H groups in total. The van der Waals surface area contributed by atoms with Crippen LogP contribution in [0.3, 0.4) is 0 Å². The van der Waals surface area contributed by atoms with E-state index in [1.54, 1.807) is 11.3 Å². The van der Waals surface area contributed by atoms with Crippen LogP contribution in [0.4, 0.5) is 0 Å². The monoisotopic (exact) mass is 395 g/mol. The molecule has 23 heavy (non-hydrogen) atoms. The summed E-state index contributed by atoms with van der Waals surface area (Å²) < 4.78 is 18.4. The van der Waals surface area contributed by atoms with Gasteiger partial charge in [0.25, 0.3) is 0 Å². The molecule has 2 aromatic rings. The van der Waals surface area contributed by atoms with Gasteiger partial charge in [-0.1, -0.05) is 6.07 Å². The summed E-state index contributed by atoms with van der Waals surface area (Å²) in [6.07, 6.45) is 3.53. The highest BCUT2D eigenvalue weighted by Gasteiger charge is 2.24. The molecule has 1 atom stereocenters. The molecule has 1 aromatic carbocycles. The lowest BCUT2D eigenvalue weighted by Gasteiger charge is -2.19. The van der Waals surface area contributed by atoms with Crippen LogP contribution in [0.1, 0.15) is 30.2 Å². The van der Waals surface area contributed by atoms with Crippen LogP contribution in [-0.4, -0.2) is 19.4 Å². The van der Waals surface area contributed by atoms with Crippen LogP contribution in [0.5, 0.6) is 17.2 Å². The standard InChI is InChI=1S/C17H18BrNO3S/c18-16-7-6-15(23-16)12(8-9-19-11-4-5-11)22-14-3-1-2-13-17(14)21-10-20-13/h1-3,6-7,11-12,19H,4-5,8-10H2. The molecule has 4 rings (SSSR count). The first-order chi connectivity index (χ1) is 11.3. The van der Waals surface area contributed by atoms with Gasteiger partial charge in [-0.15, -0.1) is 11.3 Å². The molecule has 1 saturated carbocycles. The van der Waals surface area contributed by atoms with Gasteiger partial charge < -0.3 is 19.5 Å². The molecular weight excluding hydrogens is 378 g/mol. The Labute approximate surface area is 147 Å². The van der Waals surface area contributed by atoms with Gasteiger partial charge in [0.05, 0.1) is 3.79 Å². The topological polar surface area (TPSA) is 39.7 Å². The van der Waals surface area contributed by atoms with Gasteiger partial charge in [-0.2, -0.15) is 0 Å². The summed E-state index contributed by atoms with van der Waals surface area (Å²) in [7, 11) is 0. The van der Waals surface area contributed by atoms with Crippen LogP contribution in [0, 0.1) is 0 Å². The predicted molar refractivity (Wildman–Crippen MR) is 93.6 cm³/mol. The van der Waals surface area contributed by atoms with Crippen molar-refractivity contribution in [3.05, 3.63) is 39.0 Å². The minimum Gasteiger partial charge on any atom is -0.481 e. The van der Waals surface area contributed by atoms with Crippen molar-refractivity contribution < 1.29 is 14.2 Å². The predicted octanol–water partition coefficient (Wildman–Crippen LogP) is 4.50. The van der Waals surface area contributed by atoms with Crippen molar-refractivity contribution in [1.82, 2.24) is 5.32 Å². The molecule has 122 valence electrons. The lowest BCUT2D eigenvalue weighted by molar-refractivity contribution is 0.159. The quantitative estimate of drug-likeness (QED) is 0.748. The van der Waals surface area contributed by atoms with Crippen molar-refractivity contribution in [2.24, 2.45) is 0 Å². The molecule has 1 aliphatic heterocycles. The summed E-state index contributed by atoms with van der Waals surface area (Å²) in [5.74, 6) is 2.22. The van der Waals surface area contributed by atoms with Gasteiger partial charge in [0.15, 0.2) is 11.5 Å². The molecule has 0 radical (unpaired) electrons. The van der Waals surface area contributed by atoms with Crippen molar-refractivity contribution in [2.75, 3.05) is 13.3 Å². The van der Waals surface area contributed by atoms with Crippen LogP contribution < -0.4 is 19.5 Å². The molecule has 1 unspecified atom stereocenters. The lowest BCUT2D eigenvalue weighted by atomic mass is 10.2. The highest BCUT2D eigenvalue weighted by Crippen LogP contribution is 2.43. The molecule has 0 saturated heterocycles. The fourth-order valence-corrected chi connectivity index (χ4v) is 4.10. The minimum atomic E-state index is 0.00764. The second-order valence-corrected chi connectivity index (χ2v) is 8.25. The number of rotatable bonds is 7. The van der Waals surface area contributed by atoms with Gasteiger partial charge in [0.2, 0.25) is 12.5 Å². The van der Waals surface area contributed by atoms with Gasteiger partial charge in [-0.3, -0.25) is 0 Å². The van der Waals surface area contributed by atoms with Gasteiger partial charge >= 0.3 is 0 Å². The second-order valence-electron chi connectivity index (χ2n) is 5.76. The highest BCUT2D eigenvalue weighted by atomic mass is 79.9. The number of halogens is 1. The van der Waals surface area contributed by atoms with Gasteiger partial charge in [0, 0.05) is 17.3 Å².